The van der Waals surface area contributed by atoms with Crippen molar-refractivity contribution < 1.29 is 4.79 Å². The Hall–Kier alpha value is -2.08. The molecule has 0 fully saturated rings. The van der Waals surface area contributed by atoms with Crippen LogP contribution in [0.2, 0.25) is 0 Å². The van der Waals surface area contributed by atoms with Crippen molar-refractivity contribution in [2.75, 3.05) is 24.3 Å². The van der Waals surface area contributed by atoms with E-state index in [9.17, 15) is 4.79 Å². The minimum absolute atomic E-state index is 0.162. The summed E-state index contributed by atoms with van der Waals surface area (Å²) in [5, 5.41) is 9.27. The molecule has 1 aromatic carbocycles. The molecule has 1 amide bonds. The first-order valence-corrected chi connectivity index (χ1v) is 5.88. The first-order chi connectivity index (χ1) is 8.74. The molecule has 1 unspecified atom stereocenters. The van der Waals surface area contributed by atoms with Crippen molar-refractivity contribution >= 4 is 23.2 Å². The molecule has 1 atom stereocenters. The lowest BCUT2D eigenvalue weighted by atomic mass is 10.1. The molecule has 6 heteroatoms. The van der Waals surface area contributed by atoms with Crippen molar-refractivity contribution in [3.63, 3.8) is 0 Å². The van der Waals surface area contributed by atoms with E-state index in [1.54, 1.807) is 7.05 Å². The summed E-state index contributed by atoms with van der Waals surface area (Å²) in [6, 6.07) is 6.09. The quantitative estimate of drug-likeness (QED) is 0.688. The number of fused-ring (bicyclic) bond motifs is 3. The maximum absolute atomic E-state index is 11.8. The fourth-order valence-electron chi connectivity index (χ4n) is 2.37. The number of nitrogens with one attached hydrogen (secondary N) is 3. The first-order valence-electron chi connectivity index (χ1n) is 5.88. The van der Waals surface area contributed by atoms with Gasteiger partial charge in [0.2, 0.25) is 5.96 Å². The minimum atomic E-state index is -0.410. The van der Waals surface area contributed by atoms with Gasteiger partial charge in [-0.15, -0.1) is 0 Å². The summed E-state index contributed by atoms with van der Waals surface area (Å²) in [6.45, 7) is 0.684. The van der Waals surface area contributed by atoms with E-state index in [-0.39, 0.29) is 5.91 Å². The molecule has 0 aromatic heterocycles. The Morgan fingerprint density at radius 2 is 2.28 bits per heavy atom. The zero-order valence-electron chi connectivity index (χ0n) is 10.3. The van der Waals surface area contributed by atoms with Crippen LogP contribution in [0.1, 0.15) is 5.56 Å². The molecule has 2 aliphatic heterocycles. The molecule has 0 saturated carbocycles. The van der Waals surface area contributed by atoms with E-state index in [1.165, 1.54) is 0 Å². The predicted molar refractivity (Wildman–Crippen MR) is 70.6 cm³/mol. The Morgan fingerprint density at radius 1 is 1.44 bits per heavy atom. The van der Waals surface area contributed by atoms with Gasteiger partial charge in [-0.2, -0.15) is 4.99 Å². The average molecular weight is 245 g/mol. The van der Waals surface area contributed by atoms with Crippen LogP contribution >= 0.6 is 0 Å². The van der Waals surface area contributed by atoms with Crippen molar-refractivity contribution in [1.29, 1.82) is 0 Å². The Bertz CT molecular complexity index is 539. The molecule has 0 saturated heterocycles. The molecule has 2 aliphatic rings. The van der Waals surface area contributed by atoms with E-state index in [0.29, 0.717) is 12.5 Å². The topological polar surface area (TPSA) is 68.8 Å². The van der Waals surface area contributed by atoms with Gasteiger partial charge in [0.1, 0.15) is 0 Å². The number of guanidine groups is 1. The summed E-state index contributed by atoms with van der Waals surface area (Å²) in [7, 11) is 3.65. The Balaban J connectivity index is 2.06. The maximum Gasteiger partial charge on any atom is 0.287 e. The van der Waals surface area contributed by atoms with Crippen LogP contribution in [-0.4, -0.2) is 32.1 Å². The standard InChI is InChI=1S/C12H15N5O/c1-13-8-3-4-9-7(5-8)6-15-12-16-11(18)10(14-2)17(9)12/h3-5,10,13-14H,6H2,1-2H3,(H,15,16,18). The average Bonchev–Trinajstić information content (AvgIpc) is 2.73. The van der Waals surface area contributed by atoms with Crippen LogP contribution < -0.4 is 20.9 Å². The number of benzene rings is 1. The van der Waals surface area contributed by atoms with Gasteiger partial charge < -0.3 is 10.6 Å². The molecular formula is C12H15N5O. The van der Waals surface area contributed by atoms with E-state index >= 15 is 0 Å². The highest BCUT2D eigenvalue weighted by Gasteiger charge is 2.38. The van der Waals surface area contributed by atoms with E-state index in [0.717, 1.165) is 16.9 Å². The third-order valence-electron chi connectivity index (χ3n) is 3.27. The normalized spacial score (nSPS) is 21.0. The highest BCUT2D eigenvalue weighted by molar-refractivity contribution is 6.14. The largest absolute Gasteiger partial charge is 0.388 e. The summed E-state index contributed by atoms with van der Waals surface area (Å²) in [5.74, 6) is 0.467. The Labute approximate surface area is 105 Å². The minimum Gasteiger partial charge on any atom is -0.388 e. The second-order valence-corrected chi connectivity index (χ2v) is 4.28. The summed E-state index contributed by atoms with van der Waals surface area (Å²) in [6.07, 6.45) is -0.410. The van der Waals surface area contributed by atoms with Crippen LogP contribution in [0.25, 0.3) is 0 Å². The van der Waals surface area contributed by atoms with Crippen LogP contribution in [0, 0.1) is 0 Å². The van der Waals surface area contributed by atoms with Crippen molar-refractivity contribution in [2.24, 2.45) is 4.99 Å². The van der Waals surface area contributed by atoms with Crippen LogP contribution in [0.4, 0.5) is 11.4 Å². The number of carbonyl (C=O) groups excluding carboxylic acids is 1. The van der Waals surface area contributed by atoms with Crippen molar-refractivity contribution in [3.8, 4) is 0 Å². The molecule has 0 aliphatic carbocycles. The Kier molecular flexibility index (Phi) is 2.45. The fraction of sp³-hybridized carbons (Fsp3) is 0.333. The number of anilines is 2. The number of carbonyl (C=O) groups is 1. The number of rotatable bonds is 2. The van der Waals surface area contributed by atoms with E-state index in [4.69, 9.17) is 0 Å². The second kappa shape index (κ2) is 3.99. The van der Waals surface area contributed by atoms with Gasteiger partial charge in [0.25, 0.3) is 5.91 Å². The van der Waals surface area contributed by atoms with Crippen molar-refractivity contribution in [1.82, 2.24) is 10.6 Å². The van der Waals surface area contributed by atoms with Crippen LogP contribution in [-0.2, 0) is 11.3 Å². The van der Waals surface area contributed by atoms with Crippen molar-refractivity contribution in [2.45, 2.75) is 12.7 Å². The summed E-state index contributed by atoms with van der Waals surface area (Å²) in [5.41, 5.74) is 3.23. The van der Waals surface area contributed by atoms with Gasteiger partial charge in [-0.25, -0.2) is 0 Å². The SMILES string of the molecule is CNc1ccc2c(c1)CNC1=NC(=O)C(NC)N12. The summed E-state index contributed by atoms with van der Waals surface area (Å²) in [4.78, 5) is 17.7. The zero-order valence-corrected chi connectivity index (χ0v) is 10.3. The van der Waals surface area contributed by atoms with Gasteiger partial charge in [-0.05, 0) is 30.8 Å². The molecule has 1 aromatic rings. The molecule has 6 nitrogen and oxygen atoms in total. The summed E-state index contributed by atoms with van der Waals surface area (Å²) < 4.78 is 0. The van der Waals surface area contributed by atoms with Gasteiger partial charge in [-0.3, -0.25) is 15.0 Å². The highest BCUT2D eigenvalue weighted by Crippen LogP contribution is 2.30. The van der Waals surface area contributed by atoms with Gasteiger partial charge in [0, 0.05) is 19.3 Å². The summed E-state index contributed by atoms with van der Waals surface area (Å²) >= 11 is 0. The monoisotopic (exact) mass is 245 g/mol. The third-order valence-corrected chi connectivity index (χ3v) is 3.27. The second-order valence-electron chi connectivity index (χ2n) is 4.28. The third kappa shape index (κ3) is 1.46. The molecule has 0 bridgehead atoms. The van der Waals surface area contributed by atoms with E-state index in [1.807, 2.05) is 24.1 Å². The smallest absolute Gasteiger partial charge is 0.287 e. The lowest BCUT2D eigenvalue weighted by Crippen LogP contribution is -2.52. The number of likely N-dealkylation sites (N-methyl/N-ethyl adjacent to an activating group) is 1. The van der Waals surface area contributed by atoms with Gasteiger partial charge in [-0.1, -0.05) is 0 Å². The maximum atomic E-state index is 11.8. The van der Waals surface area contributed by atoms with Gasteiger partial charge in [0.05, 0.1) is 5.69 Å². The molecule has 94 valence electrons. The number of nitrogens with zero attached hydrogens (tertiary/aromatic N) is 2. The lowest BCUT2D eigenvalue weighted by molar-refractivity contribution is -0.118. The molecule has 0 spiro atoms. The van der Waals surface area contributed by atoms with E-state index in [2.05, 4.69) is 27.0 Å². The van der Waals surface area contributed by atoms with Crippen LogP contribution in [0.15, 0.2) is 23.2 Å². The zero-order chi connectivity index (χ0) is 12.7. The molecular weight excluding hydrogens is 230 g/mol. The lowest BCUT2D eigenvalue weighted by Gasteiger charge is -2.32. The number of amides is 1. The van der Waals surface area contributed by atoms with Crippen molar-refractivity contribution in [3.05, 3.63) is 23.8 Å². The molecule has 3 N–H and O–H groups in total. The molecule has 2 heterocycles. The molecule has 0 radical (unpaired) electrons. The van der Waals surface area contributed by atoms with Gasteiger partial charge in [0.15, 0.2) is 6.17 Å². The number of hydrogen-bond donors (Lipinski definition) is 3. The van der Waals surface area contributed by atoms with Crippen LogP contribution in [0.5, 0.6) is 0 Å². The molecule has 3 rings (SSSR count). The Morgan fingerprint density at radius 3 is 3.00 bits per heavy atom. The van der Waals surface area contributed by atoms with Gasteiger partial charge >= 0.3 is 0 Å². The van der Waals surface area contributed by atoms with E-state index < -0.39 is 6.17 Å². The number of aliphatic imine (C=N–C) groups is 1. The first kappa shape index (κ1) is 11.0. The predicted octanol–water partition coefficient (Wildman–Crippen LogP) is 0.0796. The fourth-order valence-corrected chi connectivity index (χ4v) is 2.37. The number of hydrogen-bond acceptors (Lipinski definition) is 5. The van der Waals surface area contributed by atoms with Crippen LogP contribution in [0.3, 0.4) is 0 Å². The highest BCUT2D eigenvalue weighted by atomic mass is 16.2. The molecule has 18 heavy (non-hydrogen) atoms.